The van der Waals surface area contributed by atoms with Gasteiger partial charge in [0.1, 0.15) is 0 Å². The van der Waals surface area contributed by atoms with Crippen LogP contribution in [0.5, 0.6) is 0 Å². The SMILES string of the molecule is CC(=O)N1CCc2c(c(-c3cccc4cc(-c5cnc(C=O)nc5)ncc34)nn2C2CCOCC2)C1.CO. The Balaban J connectivity index is 0.00000144. The highest BCUT2D eigenvalue weighted by Crippen LogP contribution is 2.37. The van der Waals surface area contributed by atoms with E-state index in [9.17, 15) is 9.59 Å². The summed E-state index contributed by atoms with van der Waals surface area (Å²) in [5.74, 6) is 0.226. The lowest BCUT2D eigenvalue weighted by molar-refractivity contribution is -0.129. The number of rotatable bonds is 4. The van der Waals surface area contributed by atoms with Crippen LogP contribution in [0.15, 0.2) is 42.9 Å². The minimum Gasteiger partial charge on any atom is -0.400 e. The molecule has 1 aromatic carbocycles. The summed E-state index contributed by atoms with van der Waals surface area (Å²) in [7, 11) is 1.00. The first kappa shape index (κ1) is 25.6. The smallest absolute Gasteiger partial charge is 0.219 e. The lowest BCUT2D eigenvalue weighted by atomic mass is 9.96. The molecule has 196 valence electrons. The Morgan fingerprint density at radius 2 is 1.87 bits per heavy atom. The number of aldehydes is 1. The number of carbonyl (C=O) groups is 2. The number of fused-ring (bicyclic) bond motifs is 2. The van der Waals surface area contributed by atoms with Gasteiger partial charge in [-0.3, -0.25) is 19.3 Å². The summed E-state index contributed by atoms with van der Waals surface area (Å²) in [5, 5.41) is 14.2. The predicted octanol–water partition coefficient (Wildman–Crippen LogP) is 3.23. The first-order valence-corrected chi connectivity index (χ1v) is 12.7. The molecule has 1 fully saturated rings. The lowest BCUT2D eigenvalue weighted by Crippen LogP contribution is -2.35. The molecule has 0 radical (unpaired) electrons. The monoisotopic (exact) mass is 514 g/mol. The predicted molar refractivity (Wildman–Crippen MR) is 141 cm³/mol. The van der Waals surface area contributed by atoms with Gasteiger partial charge in [0.15, 0.2) is 12.1 Å². The summed E-state index contributed by atoms with van der Waals surface area (Å²) in [5.41, 5.74) is 5.74. The van der Waals surface area contributed by atoms with Crippen molar-refractivity contribution in [2.24, 2.45) is 0 Å². The Hall–Kier alpha value is -4.02. The summed E-state index contributed by atoms with van der Waals surface area (Å²) >= 11 is 0. The highest BCUT2D eigenvalue weighted by atomic mass is 16.5. The molecular weight excluding hydrogens is 484 g/mol. The third-order valence-corrected chi connectivity index (χ3v) is 7.16. The van der Waals surface area contributed by atoms with Crippen LogP contribution in [-0.4, -0.2) is 73.8 Å². The number of pyridine rings is 1. The Labute approximate surface area is 220 Å². The second-order valence-corrected chi connectivity index (χ2v) is 9.30. The molecule has 6 rings (SSSR count). The minimum absolute atomic E-state index is 0.0810. The molecule has 0 spiro atoms. The zero-order valence-corrected chi connectivity index (χ0v) is 21.5. The molecule has 0 saturated carbocycles. The largest absolute Gasteiger partial charge is 0.400 e. The summed E-state index contributed by atoms with van der Waals surface area (Å²) in [4.78, 5) is 37.8. The molecule has 3 aromatic heterocycles. The average Bonchev–Trinajstić information content (AvgIpc) is 3.37. The fraction of sp³-hybridized carbons (Fsp3) is 0.357. The van der Waals surface area contributed by atoms with E-state index in [1.165, 1.54) is 5.69 Å². The zero-order chi connectivity index (χ0) is 26.6. The summed E-state index contributed by atoms with van der Waals surface area (Å²) < 4.78 is 7.80. The van der Waals surface area contributed by atoms with Gasteiger partial charge in [-0.15, -0.1) is 0 Å². The standard InChI is InChI=1S/C27H26N6O3.CH4O/c1-17(35)32-8-5-25-23(15-32)27(31-33(25)20-6-9-36-10-7-20)21-4-2-3-18-11-24(28-14-22(18)21)19-12-29-26(16-34)30-13-19;1-2/h2-4,11-14,16,20H,5-10,15H2,1H3;2H,1H3. The third-order valence-electron chi connectivity index (χ3n) is 7.16. The van der Waals surface area contributed by atoms with Crippen molar-refractivity contribution in [2.45, 2.75) is 38.8 Å². The molecule has 0 bridgehead atoms. The number of amides is 1. The number of aliphatic hydroxyl groups is 1. The lowest BCUT2D eigenvalue weighted by Gasteiger charge is -2.29. The van der Waals surface area contributed by atoms with Crippen molar-refractivity contribution in [3.8, 4) is 22.5 Å². The van der Waals surface area contributed by atoms with Gasteiger partial charge in [0, 0.05) is 93.1 Å². The molecule has 38 heavy (non-hydrogen) atoms. The highest BCUT2D eigenvalue weighted by Gasteiger charge is 2.30. The van der Waals surface area contributed by atoms with E-state index in [-0.39, 0.29) is 11.7 Å². The van der Waals surface area contributed by atoms with Gasteiger partial charge in [0.05, 0.1) is 17.4 Å². The third kappa shape index (κ3) is 4.80. The number of hydrogen-bond donors (Lipinski definition) is 1. The number of carbonyl (C=O) groups excluding carboxylic acids is 2. The fourth-order valence-electron chi connectivity index (χ4n) is 5.23. The van der Waals surface area contributed by atoms with Crippen LogP contribution in [0.4, 0.5) is 0 Å². The molecule has 1 saturated heterocycles. The second-order valence-electron chi connectivity index (χ2n) is 9.30. The maximum Gasteiger partial charge on any atom is 0.219 e. The van der Waals surface area contributed by atoms with Gasteiger partial charge in [0.25, 0.3) is 0 Å². The Morgan fingerprint density at radius 1 is 1.11 bits per heavy atom. The van der Waals surface area contributed by atoms with Crippen LogP contribution in [-0.2, 0) is 22.5 Å². The molecule has 10 nitrogen and oxygen atoms in total. The summed E-state index contributed by atoms with van der Waals surface area (Å²) in [6.45, 7) is 4.38. The van der Waals surface area contributed by atoms with Gasteiger partial charge < -0.3 is 14.7 Å². The van der Waals surface area contributed by atoms with E-state index in [0.29, 0.717) is 25.4 Å². The van der Waals surface area contributed by atoms with Crippen LogP contribution >= 0.6 is 0 Å². The maximum atomic E-state index is 12.2. The summed E-state index contributed by atoms with van der Waals surface area (Å²) in [6, 6.07) is 8.46. The fourth-order valence-corrected chi connectivity index (χ4v) is 5.23. The van der Waals surface area contributed by atoms with E-state index >= 15 is 0 Å². The van der Waals surface area contributed by atoms with E-state index in [0.717, 1.165) is 78.4 Å². The first-order valence-electron chi connectivity index (χ1n) is 12.7. The van der Waals surface area contributed by atoms with Gasteiger partial charge in [-0.1, -0.05) is 18.2 Å². The van der Waals surface area contributed by atoms with Crippen LogP contribution in [0.3, 0.4) is 0 Å². The zero-order valence-electron chi connectivity index (χ0n) is 21.5. The van der Waals surface area contributed by atoms with E-state index in [1.54, 1.807) is 19.3 Å². The molecule has 0 unspecified atom stereocenters. The Morgan fingerprint density at radius 3 is 2.58 bits per heavy atom. The van der Waals surface area contributed by atoms with Gasteiger partial charge >= 0.3 is 0 Å². The van der Waals surface area contributed by atoms with E-state index in [2.05, 4.69) is 31.8 Å². The molecular formula is C28H30N6O4. The van der Waals surface area contributed by atoms with Crippen molar-refractivity contribution >= 4 is 23.0 Å². The normalized spacial score (nSPS) is 15.5. The number of aliphatic hydroxyl groups excluding tert-OH is 1. The van der Waals surface area contributed by atoms with Gasteiger partial charge in [-0.2, -0.15) is 5.10 Å². The van der Waals surface area contributed by atoms with Crippen LogP contribution in [0.1, 0.15) is 47.7 Å². The van der Waals surface area contributed by atoms with E-state index < -0.39 is 0 Å². The molecule has 1 N–H and O–H groups in total. The van der Waals surface area contributed by atoms with Crippen molar-refractivity contribution < 1.29 is 19.4 Å². The number of benzene rings is 1. The molecule has 0 atom stereocenters. The van der Waals surface area contributed by atoms with Crippen LogP contribution in [0.25, 0.3) is 33.3 Å². The molecule has 5 heterocycles. The number of aromatic nitrogens is 5. The van der Waals surface area contributed by atoms with Crippen molar-refractivity contribution in [1.82, 2.24) is 29.6 Å². The van der Waals surface area contributed by atoms with E-state index in [4.69, 9.17) is 14.9 Å². The molecule has 4 aromatic rings. The van der Waals surface area contributed by atoms with Crippen molar-refractivity contribution in [2.75, 3.05) is 26.9 Å². The number of hydrogen-bond acceptors (Lipinski definition) is 8. The number of nitrogens with zero attached hydrogens (tertiary/aromatic N) is 6. The van der Waals surface area contributed by atoms with Gasteiger partial charge in [0.2, 0.25) is 5.91 Å². The Bertz CT molecular complexity index is 1460. The quantitative estimate of drug-likeness (QED) is 0.412. The highest BCUT2D eigenvalue weighted by molar-refractivity contribution is 5.97. The van der Waals surface area contributed by atoms with E-state index in [1.807, 2.05) is 23.2 Å². The molecule has 10 heteroatoms. The average molecular weight is 515 g/mol. The molecule has 2 aliphatic rings. The van der Waals surface area contributed by atoms with Crippen molar-refractivity contribution in [1.29, 1.82) is 0 Å². The van der Waals surface area contributed by atoms with Crippen molar-refractivity contribution in [3.63, 3.8) is 0 Å². The Kier molecular flexibility index (Phi) is 7.52. The topological polar surface area (TPSA) is 123 Å². The number of ether oxygens (including phenoxy) is 1. The molecule has 0 aliphatic carbocycles. The summed E-state index contributed by atoms with van der Waals surface area (Å²) in [6.07, 6.45) is 8.37. The molecule has 1 amide bonds. The second kappa shape index (κ2) is 11.2. The van der Waals surface area contributed by atoms with Crippen LogP contribution < -0.4 is 0 Å². The van der Waals surface area contributed by atoms with Crippen LogP contribution in [0.2, 0.25) is 0 Å². The van der Waals surface area contributed by atoms with Gasteiger partial charge in [-0.05, 0) is 24.3 Å². The first-order chi connectivity index (χ1) is 18.6. The molecule has 2 aliphatic heterocycles. The van der Waals surface area contributed by atoms with Crippen LogP contribution in [0, 0.1) is 0 Å². The maximum absolute atomic E-state index is 12.2. The van der Waals surface area contributed by atoms with Gasteiger partial charge in [-0.25, -0.2) is 9.97 Å². The van der Waals surface area contributed by atoms with Crippen molar-refractivity contribution in [3.05, 3.63) is 59.9 Å². The minimum atomic E-state index is 0.0810.